The van der Waals surface area contributed by atoms with Gasteiger partial charge in [0.2, 0.25) is 5.91 Å². The number of anilines is 3. The Bertz CT molecular complexity index is 1540. The van der Waals surface area contributed by atoms with Crippen LogP contribution in [0.5, 0.6) is 0 Å². The summed E-state index contributed by atoms with van der Waals surface area (Å²) in [4.78, 5) is 44.3. The third-order valence-corrected chi connectivity index (χ3v) is 8.48. The summed E-state index contributed by atoms with van der Waals surface area (Å²) >= 11 is 0. The molecule has 3 aromatic carbocycles. The Morgan fingerprint density at radius 2 is 1.90 bits per heavy atom. The number of rotatable bonds is 6. The molecule has 0 aromatic heterocycles. The highest BCUT2D eigenvalue weighted by Crippen LogP contribution is 2.48. The molecule has 3 aliphatic rings. The van der Waals surface area contributed by atoms with E-state index in [1.807, 2.05) is 36.4 Å². The number of carbonyl (C=O) groups is 3. The first-order valence-electron chi connectivity index (χ1n) is 13.4. The molecule has 8 heteroatoms. The van der Waals surface area contributed by atoms with Crippen molar-refractivity contribution < 1.29 is 24.6 Å². The van der Waals surface area contributed by atoms with Crippen LogP contribution in [0.15, 0.2) is 66.7 Å². The van der Waals surface area contributed by atoms with Crippen molar-refractivity contribution in [3.63, 3.8) is 0 Å². The third kappa shape index (κ3) is 3.70. The lowest BCUT2D eigenvalue weighted by atomic mass is 9.82. The molecule has 0 spiro atoms. The van der Waals surface area contributed by atoms with Gasteiger partial charge in [-0.2, -0.15) is 0 Å². The van der Waals surface area contributed by atoms with E-state index in [9.17, 15) is 24.6 Å². The van der Waals surface area contributed by atoms with Gasteiger partial charge in [-0.3, -0.25) is 19.3 Å². The monoisotopic (exact) mass is 525 g/mol. The normalized spacial score (nSPS) is 23.0. The number of carbonyl (C=O) groups excluding carboxylic acids is 3. The fourth-order valence-corrected chi connectivity index (χ4v) is 6.34. The minimum Gasteiger partial charge on any atom is -0.394 e. The molecule has 200 valence electrons. The molecule has 1 fully saturated rings. The van der Waals surface area contributed by atoms with Crippen LogP contribution in [0.3, 0.4) is 0 Å². The zero-order valence-corrected chi connectivity index (χ0v) is 22.0. The summed E-state index contributed by atoms with van der Waals surface area (Å²) in [6.45, 7) is 2.33. The minimum atomic E-state index is -1.86. The van der Waals surface area contributed by atoms with Crippen LogP contribution in [0.4, 0.5) is 17.1 Å². The first-order valence-corrected chi connectivity index (χ1v) is 13.4. The molecule has 3 heterocycles. The van der Waals surface area contributed by atoms with Crippen molar-refractivity contribution in [1.82, 2.24) is 4.90 Å². The third-order valence-electron chi connectivity index (χ3n) is 8.48. The van der Waals surface area contributed by atoms with E-state index < -0.39 is 17.4 Å². The van der Waals surface area contributed by atoms with Crippen LogP contribution in [-0.2, 0) is 15.2 Å². The first-order chi connectivity index (χ1) is 18.8. The zero-order valence-electron chi connectivity index (χ0n) is 22.0. The van der Waals surface area contributed by atoms with Gasteiger partial charge in [0.25, 0.3) is 11.8 Å². The van der Waals surface area contributed by atoms with E-state index >= 15 is 0 Å². The van der Waals surface area contributed by atoms with Crippen molar-refractivity contribution in [1.29, 1.82) is 0 Å². The second-order valence-electron chi connectivity index (χ2n) is 10.6. The van der Waals surface area contributed by atoms with Crippen LogP contribution in [0, 0.1) is 5.92 Å². The maximum Gasteiger partial charge on any atom is 0.264 e. The molecule has 3 atom stereocenters. The van der Waals surface area contributed by atoms with E-state index in [2.05, 4.69) is 0 Å². The van der Waals surface area contributed by atoms with Crippen LogP contribution in [0.2, 0.25) is 0 Å². The number of likely N-dealkylation sites (N-methyl/N-ethyl adjacent to an activating group) is 1. The van der Waals surface area contributed by atoms with E-state index in [1.54, 1.807) is 54.1 Å². The molecule has 0 radical (unpaired) electrons. The standard InChI is InChI=1S/C31H31N3O5/c1-19(7-3-13-27(36)33-16-6-10-22(33)18-35)31(39)24-17-21(14-15-25(24)32(2)30(31)38)34-26-12-5-9-20-8-4-11-23(28(20)26)29(34)37/h3-5,7-9,11-12,14-15,17,19,22,35,39H,6,10,13,16,18H2,1-2H3/b7-3+/t19-,22+,31+/m1/s1. The van der Waals surface area contributed by atoms with E-state index in [0.717, 1.165) is 29.3 Å². The summed E-state index contributed by atoms with van der Waals surface area (Å²) in [6, 6.07) is 16.6. The summed E-state index contributed by atoms with van der Waals surface area (Å²) in [5.41, 5.74) is 1.10. The molecular formula is C31H31N3O5. The number of aliphatic hydroxyl groups excluding tert-OH is 1. The second kappa shape index (κ2) is 9.32. The number of amides is 3. The highest BCUT2D eigenvalue weighted by atomic mass is 16.3. The molecule has 6 rings (SSSR count). The molecule has 1 saturated heterocycles. The van der Waals surface area contributed by atoms with E-state index in [-0.39, 0.29) is 30.9 Å². The maximum absolute atomic E-state index is 13.5. The van der Waals surface area contributed by atoms with E-state index in [0.29, 0.717) is 29.0 Å². The number of hydrogen-bond acceptors (Lipinski definition) is 5. The SMILES string of the molecule is C[C@H](/C=C/CC(=O)N1CCC[C@H]1CO)[C@@]1(O)C(=O)N(C)c2ccc(N3C(=O)c4cccc5cccc3c45)cc21. The molecule has 0 bridgehead atoms. The van der Waals surface area contributed by atoms with Crippen molar-refractivity contribution in [3.05, 3.63) is 77.9 Å². The average Bonchev–Trinajstić information content (AvgIpc) is 3.60. The van der Waals surface area contributed by atoms with Crippen LogP contribution >= 0.6 is 0 Å². The van der Waals surface area contributed by atoms with Crippen molar-refractivity contribution in [3.8, 4) is 0 Å². The lowest BCUT2D eigenvalue weighted by molar-refractivity contribution is -0.139. The number of benzene rings is 3. The minimum absolute atomic E-state index is 0.0509. The molecule has 0 saturated carbocycles. The largest absolute Gasteiger partial charge is 0.394 e. The van der Waals surface area contributed by atoms with Gasteiger partial charge in [-0.1, -0.05) is 43.3 Å². The Hall–Kier alpha value is -4.01. The lowest BCUT2D eigenvalue weighted by Crippen LogP contribution is -2.43. The highest BCUT2D eigenvalue weighted by molar-refractivity contribution is 6.28. The quantitative estimate of drug-likeness (QED) is 0.476. The topological polar surface area (TPSA) is 101 Å². The van der Waals surface area contributed by atoms with Gasteiger partial charge in [-0.05, 0) is 48.6 Å². The van der Waals surface area contributed by atoms with Gasteiger partial charge < -0.3 is 20.0 Å². The number of hydrogen-bond donors (Lipinski definition) is 2. The molecule has 3 aromatic rings. The lowest BCUT2D eigenvalue weighted by Gasteiger charge is -2.28. The number of fused-ring (bicyclic) bond motifs is 1. The smallest absolute Gasteiger partial charge is 0.264 e. The summed E-state index contributed by atoms with van der Waals surface area (Å²) in [7, 11) is 1.62. The molecule has 8 nitrogen and oxygen atoms in total. The van der Waals surface area contributed by atoms with Gasteiger partial charge in [0, 0.05) is 42.6 Å². The Kier molecular flexibility index (Phi) is 6.04. The molecule has 39 heavy (non-hydrogen) atoms. The van der Waals surface area contributed by atoms with Gasteiger partial charge in [-0.15, -0.1) is 0 Å². The van der Waals surface area contributed by atoms with Crippen LogP contribution < -0.4 is 9.80 Å². The fourth-order valence-electron chi connectivity index (χ4n) is 6.34. The Morgan fingerprint density at radius 1 is 1.13 bits per heavy atom. The van der Waals surface area contributed by atoms with Crippen molar-refractivity contribution in [2.75, 3.05) is 30.0 Å². The van der Waals surface area contributed by atoms with Crippen molar-refractivity contribution in [2.24, 2.45) is 5.92 Å². The average molecular weight is 526 g/mol. The van der Waals surface area contributed by atoms with Gasteiger partial charge in [-0.25, -0.2) is 0 Å². The van der Waals surface area contributed by atoms with Gasteiger partial charge in [0.1, 0.15) is 0 Å². The van der Waals surface area contributed by atoms with E-state index in [1.165, 1.54) is 4.90 Å². The molecule has 2 N–H and O–H groups in total. The van der Waals surface area contributed by atoms with Crippen LogP contribution in [-0.4, -0.2) is 59.1 Å². The van der Waals surface area contributed by atoms with Crippen molar-refractivity contribution in [2.45, 2.75) is 37.8 Å². The predicted octanol–water partition coefficient (Wildman–Crippen LogP) is 3.86. The summed E-state index contributed by atoms with van der Waals surface area (Å²) in [6.07, 6.45) is 5.18. The predicted molar refractivity (Wildman–Crippen MR) is 149 cm³/mol. The second-order valence-corrected chi connectivity index (χ2v) is 10.6. The molecule has 3 aliphatic heterocycles. The summed E-state index contributed by atoms with van der Waals surface area (Å²) in [5.74, 6) is -1.34. The maximum atomic E-state index is 13.5. The fraction of sp³-hybridized carbons (Fsp3) is 0.323. The van der Waals surface area contributed by atoms with Crippen LogP contribution in [0.1, 0.15) is 42.1 Å². The van der Waals surface area contributed by atoms with E-state index in [4.69, 9.17) is 0 Å². The summed E-state index contributed by atoms with van der Waals surface area (Å²) < 4.78 is 0. The molecule has 0 unspecified atom stereocenters. The Balaban J connectivity index is 1.31. The highest BCUT2D eigenvalue weighted by Gasteiger charge is 2.52. The first kappa shape index (κ1) is 25.3. The molecule has 0 aliphatic carbocycles. The summed E-state index contributed by atoms with van der Waals surface area (Å²) in [5, 5.41) is 23.3. The van der Waals surface area contributed by atoms with Gasteiger partial charge >= 0.3 is 0 Å². The number of likely N-dealkylation sites (tertiary alicyclic amines) is 1. The Labute approximate surface area is 226 Å². The number of aliphatic hydroxyl groups is 2. The molecular weight excluding hydrogens is 494 g/mol. The van der Waals surface area contributed by atoms with Crippen LogP contribution in [0.25, 0.3) is 10.8 Å². The molecule has 3 amide bonds. The van der Waals surface area contributed by atoms with Gasteiger partial charge in [0.05, 0.1) is 29.6 Å². The zero-order chi connectivity index (χ0) is 27.5. The van der Waals surface area contributed by atoms with Crippen molar-refractivity contribution >= 4 is 45.6 Å². The van der Waals surface area contributed by atoms with Gasteiger partial charge in [0.15, 0.2) is 5.60 Å². The Morgan fingerprint density at radius 3 is 2.67 bits per heavy atom. The number of nitrogens with zero attached hydrogens (tertiary/aromatic N) is 3.